The number of rotatable bonds is 4. The van der Waals surface area contributed by atoms with Gasteiger partial charge in [-0.2, -0.15) is 0 Å². The highest BCUT2D eigenvalue weighted by Crippen LogP contribution is 2.42. The van der Waals surface area contributed by atoms with E-state index in [0.717, 1.165) is 36.2 Å². The lowest BCUT2D eigenvalue weighted by Gasteiger charge is -2.32. The first-order valence-corrected chi connectivity index (χ1v) is 10.8. The van der Waals surface area contributed by atoms with E-state index in [2.05, 4.69) is 15.3 Å². The summed E-state index contributed by atoms with van der Waals surface area (Å²) in [6.07, 6.45) is 5.42. The molecule has 4 heterocycles. The van der Waals surface area contributed by atoms with Crippen LogP contribution in [0.2, 0.25) is 0 Å². The molecule has 9 nitrogen and oxygen atoms in total. The summed E-state index contributed by atoms with van der Waals surface area (Å²) in [5.41, 5.74) is 2.14. The number of nitrogens with one attached hydrogen (secondary N) is 1. The Morgan fingerprint density at radius 3 is 2.72 bits per heavy atom. The molecule has 32 heavy (non-hydrogen) atoms. The van der Waals surface area contributed by atoms with Crippen LogP contribution in [0, 0.1) is 6.92 Å². The molecule has 0 bridgehead atoms. The van der Waals surface area contributed by atoms with Crippen LogP contribution in [0.25, 0.3) is 10.9 Å². The molecule has 0 aliphatic carbocycles. The van der Waals surface area contributed by atoms with Crippen molar-refractivity contribution in [1.82, 2.24) is 19.5 Å². The van der Waals surface area contributed by atoms with Crippen LogP contribution >= 0.6 is 0 Å². The van der Waals surface area contributed by atoms with Gasteiger partial charge in [0.25, 0.3) is 5.56 Å². The number of hydrogen-bond donors (Lipinski definition) is 2. The molecule has 2 aliphatic heterocycles. The maximum absolute atomic E-state index is 13.4. The molecule has 0 amide bonds. The van der Waals surface area contributed by atoms with Crippen LogP contribution in [-0.4, -0.2) is 43.8 Å². The first-order valence-electron chi connectivity index (χ1n) is 10.8. The Morgan fingerprint density at radius 2 is 1.97 bits per heavy atom. The summed E-state index contributed by atoms with van der Waals surface area (Å²) in [5.74, 6) is -0.125. The molecule has 5 rings (SSSR count). The topological polar surface area (TPSA) is 119 Å². The number of aromatic nitrogens is 4. The predicted molar refractivity (Wildman–Crippen MR) is 118 cm³/mol. The minimum atomic E-state index is -1.16. The van der Waals surface area contributed by atoms with Crippen molar-refractivity contribution in [1.29, 1.82) is 0 Å². The third-order valence-corrected chi connectivity index (χ3v) is 6.69. The van der Waals surface area contributed by atoms with E-state index in [-0.39, 0.29) is 28.5 Å². The highest BCUT2D eigenvalue weighted by atomic mass is 16.5. The molecule has 1 fully saturated rings. The van der Waals surface area contributed by atoms with Gasteiger partial charge in [-0.05, 0) is 44.7 Å². The summed E-state index contributed by atoms with van der Waals surface area (Å²) in [4.78, 5) is 38.1. The summed E-state index contributed by atoms with van der Waals surface area (Å²) in [7, 11) is 0. The Bertz CT molecular complexity index is 1280. The van der Waals surface area contributed by atoms with Gasteiger partial charge in [-0.25, -0.2) is 19.7 Å². The van der Waals surface area contributed by atoms with Gasteiger partial charge in [0.15, 0.2) is 11.5 Å². The van der Waals surface area contributed by atoms with Crippen molar-refractivity contribution in [3.63, 3.8) is 0 Å². The van der Waals surface area contributed by atoms with E-state index in [4.69, 9.17) is 9.72 Å². The number of anilines is 1. The van der Waals surface area contributed by atoms with Crippen LogP contribution in [0.4, 0.5) is 5.82 Å². The van der Waals surface area contributed by atoms with Gasteiger partial charge in [0.2, 0.25) is 0 Å². The fourth-order valence-corrected chi connectivity index (χ4v) is 5.00. The van der Waals surface area contributed by atoms with Crippen molar-refractivity contribution >= 4 is 22.7 Å². The van der Waals surface area contributed by atoms with Crippen molar-refractivity contribution in [3.8, 4) is 0 Å². The number of hydrogen-bond acceptors (Lipinski definition) is 7. The second kappa shape index (κ2) is 7.67. The molecule has 0 saturated carbocycles. The minimum Gasteiger partial charge on any atom is -0.476 e. The molecular weight excluding hydrogens is 410 g/mol. The monoisotopic (exact) mass is 435 g/mol. The number of carbonyl (C=O) groups is 1. The van der Waals surface area contributed by atoms with E-state index < -0.39 is 5.97 Å². The van der Waals surface area contributed by atoms with Gasteiger partial charge in [-0.1, -0.05) is 6.07 Å². The molecule has 0 unspecified atom stereocenters. The Hall–Kier alpha value is -3.33. The van der Waals surface area contributed by atoms with E-state index in [1.54, 1.807) is 0 Å². The molecule has 2 aliphatic rings. The number of carboxylic acids is 1. The highest BCUT2D eigenvalue weighted by Gasteiger charge is 2.43. The van der Waals surface area contributed by atoms with Gasteiger partial charge in [0.1, 0.15) is 5.82 Å². The van der Waals surface area contributed by atoms with Crippen molar-refractivity contribution in [2.45, 2.75) is 51.1 Å². The zero-order valence-electron chi connectivity index (χ0n) is 18.1. The van der Waals surface area contributed by atoms with Gasteiger partial charge in [-0.3, -0.25) is 9.36 Å². The number of aromatic carboxylic acids is 1. The molecule has 1 saturated heterocycles. The third kappa shape index (κ3) is 3.24. The largest absolute Gasteiger partial charge is 0.476 e. The number of fused-ring (bicyclic) bond motifs is 3. The molecular formula is C23H25N5O4. The van der Waals surface area contributed by atoms with Crippen molar-refractivity contribution in [3.05, 3.63) is 57.5 Å². The molecule has 1 aromatic carbocycles. The van der Waals surface area contributed by atoms with Crippen LogP contribution in [0.5, 0.6) is 0 Å². The Balaban J connectivity index is 1.64. The third-order valence-electron chi connectivity index (χ3n) is 6.69. The first-order chi connectivity index (χ1) is 15.4. The summed E-state index contributed by atoms with van der Waals surface area (Å²) >= 11 is 0. The van der Waals surface area contributed by atoms with E-state index >= 15 is 0 Å². The SMILES string of the molecule is Cc1cc([C@@H](C)Nc2nccnc2C(=O)O)c2nc3n(c(=O)c2c1)CCC31CCOCC1. The fourth-order valence-electron chi connectivity index (χ4n) is 5.00. The normalized spacial score (nSPS) is 17.9. The maximum Gasteiger partial charge on any atom is 0.358 e. The van der Waals surface area contributed by atoms with Crippen LogP contribution in [0.1, 0.15) is 59.7 Å². The maximum atomic E-state index is 13.4. The lowest BCUT2D eigenvalue weighted by molar-refractivity contribution is 0.0492. The predicted octanol–water partition coefficient (Wildman–Crippen LogP) is 2.82. The zero-order chi connectivity index (χ0) is 22.5. The van der Waals surface area contributed by atoms with Crippen molar-refractivity contribution < 1.29 is 14.6 Å². The van der Waals surface area contributed by atoms with Crippen molar-refractivity contribution in [2.75, 3.05) is 18.5 Å². The van der Waals surface area contributed by atoms with Gasteiger partial charge < -0.3 is 15.2 Å². The molecule has 1 spiro atoms. The number of carboxylic acid groups (broad SMARTS) is 1. The van der Waals surface area contributed by atoms with E-state index in [9.17, 15) is 14.7 Å². The summed E-state index contributed by atoms with van der Waals surface area (Å²) in [5, 5.41) is 13.2. The Kier molecular flexibility index (Phi) is 4.93. The summed E-state index contributed by atoms with van der Waals surface area (Å²) < 4.78 is 7.41. The average molecular weight is 435 g/mol. The van der Waals surface area contributed by atoms with Gasteiger partial charge in [-0.15, -0.1) is 0 Å². The summed E-state index contributed by atoms with van der Waals surface area (Å²) in [6, 6.07) is 3.54. The highest BCUT2D eigenvalue weighted by molar-refractivity contribution is 5.91. The van der Waals surface area contributed by atoms with Crippen LogP contribution in [0.3, 0.4) is 0 Å². The number of ether oxygens (including phenoxy) is 1. The minimum absolute atomic E-state index is 0.0174. The average Bonchev–Trinajstić information content (AvgIpc) is 3.12. The van der Waals surface area contributed by atoms with Gasteiger partial charge in [0, 0.05) is 43.1 Å². The number of nitrogens with zero attached hydrogens (tertiary/aromatic N) is 4. The fraction of sp³-hybridized carbons (Fsp3) is 0.435. The zero-order valence-corrected chi connectivity index (χ0v) is 18.1. The quantitative estimate of drug-likeness (QED) is 0.642. The van der Waals surface area contributed by atoms with Gasteiger partial charge >= 0.3 is 5.97 Å². The number of aryl methyl sites for hydroxylation is 1. The molecule has 2 aromatic heterocycles. The van der Waals surface area contributed by atoms with Crippen LogP contribution in [0.15, 0.2) is 29.3 Å². The van der Waals surface area contributed by atoms with E-state index in [1.165, 1.54) is 12.4 Å². The second-order valence-electron chi connectivity index (χ2n) is 8.71. The molecule has 1 atom stereocenters. The first kappa shape index (κ1) is 20.6. The van der Waals surface area contributed by atoms with E-state index in [1.807, 2.05) is 30.5 Å². The molecule has 0 radical (unpaired) electrons. The number of benzene rings is 1. The molecule has 9 heteroatoms. The molecule has 3 aromatic rings. The smallest absolute Gasteiger partial charge is 0.358 e. The van der Waals surface area contributed by atoms with Crippen LogP contribution in [-0.2, 0) is 16.7 Å². The van der Waals surface area contributed by atoms with Crippen LogP contribution < -0.4 is 10.9 Å². The van der Waals surface area contributed by atoms with Crippen molar-refractivity contribution in [2.24, 2.45) is 0 Å². The lowest BCUT2D eigenvalue weighted by atomic mass is 9.78. The van der Waals surface area contributed by atoms with Gasteiger partial charge in [0.05, 0.1) is 16.9 Å². The standard InChI is InChI=1S/C23H25N5O4/c1-13-11-15(14(2)26-19-18(21(30)31)24-6-7-25-19)17-16(12-13)20(29)28-8-3-23(22(28)27-17)4-9-32-10-5-23/h6-7,11-12,14H,3-5,8-10H2,1-2H3,(H,25,26)(H,30,31)/t14-/m1/s1. The Morgan fingerprint density at radius 1 is 1.22 bits per heavy atom. The van der Waals surface area contributed by atoms with E-state index in [0.29, 0.717) is 30.7 Å². The summed E-state index contributed by atoms with van der Waals surface area (Å²) in [6.45, 7) is 5.88. The lowest BCUT2D eigenvalue weighted by Crippen LogP contribution is -2.34. The molecule has 166 valence electrons. The second-order valence-corrected chi connectivity index (χ2v) is 8.71. The Labute approximate surface area is 184 Å². The molecule has 2 N–H and O–H groups in total.